The molecule has 8 aromatic carbocycles. The summed E-state index contributed by atoms with van der Waals surface area (Å²) in [6, 6.07) is 69.2. The molecule has 0 spiro atoms. The summed E-state index contributed by atoms with van der Waals surface area (Å²) in [5.41, 5.74) is 9.54. The Bertz CT molecular complexity index is 4640. The summed E-state index contributed by atoms with van der Waals surface area (Å²) in [7, 11) is 12.9. The summed E-state index contributed by atoms with van der Waals surface area (Å²) in [5.74, 6) is 5.75. The van der Waals surface area contributed by atoms with E-state index in [1.165, 1.54) is 9.80 Å². The standard InChI is InChI=1S/C37H46N4O5.C34H36N4O4.C28H41N3O4/c1-41(2,25-12-11-21-40-35(42)32-17-9-10-18-33(32)36(40)43)26-28-45-27-24-39-22-19-31(20-23-39)46-37(44)38-34(29-13-5-3-6-14-29)30-15-7-4-8-16-30;1-38(2,25-23-37-32(39)29-15-6-7-16-30(29)33(37)40)24-11-10-20-36-21-18-27(19-22-36)42-34(41)35-31-17-9-8-14-28(31)26-12-4-3-5-13-26;1-4-31(2,3)19-21-34-23-22-33-20-18-30-16-14-25(15-17-30)35-28(32)29-27-13-9-8-12-26(27)24-10-6-5-7-11-24/h3-10,13-18,31,34H,11-12,19-28H2,1-2H3;3-9,12-17,27H,18-25H2,1-2H3;5-13,25H,4,14-23H2,1-3H3/p+3. The third-order valence-electron chi connectivity index (χ3n) is 23.5. The predicted octanol–water partition coefficient (Wildman–Crippen LogP) is 14.4. The van der Waals surface area contributed by atoms with Gasteiger partial charge in [0.1, 0.15) is 37.9 Å². The van der Waals surface area contributed by atoms with Crippen LogP contribution in [0.1, 0.15) is 117 Å². The fourth-order valence-electron chi connectivity index (χ4n) is 15.4. The normalized spacial score (nSPS) is 15.5. The molecule has 8 aromatic rings. The molecular formula is C99H126N11O13+3. The first-order valence-electron chi connectivity index (χ1n) is 43.6. The van der Waals surface area contributed by atoms with Crippen molar-refractivity contribution in [1.82, 2.24) is 29.8 Å². The molecule has 652 valence electrons. The molecule has 5 aliphatic rings. The number of hydrogen-bond donors (Lipinski definition) is 3. The number of para-hydroxylation sites is 2. The van der Waals surface area contributed by atoms with E-state index in [9.17, 15) is 33.6 Å². The van der Waals surface area contributed by atoms with Crippen LogP contribution in [0.3, 0.4) is 0 Å². The highest BCUT2D eigenvalue weighted by molar-refractivity contribution is 6.22. The molecule has 3 N–H and O–H groups in total. The third kappa shape index (κ3) is 29.1. The van der Waals surface area contributed by atoms with Gasteiger partial charge in [0.25, 0.3) is 23.6 Å². The highest BCUT2D eigenvalue weighted by atomic mass is 16.6. The van der Waals surface area contributed by atoms with Crippen LogP contribution >= 0.6 is 0 Å². The van der Waals surface area contributed by atoms with E-state index < -0.39 is 12.2 Å². The van der Waals surface area contributed by atoms with E-state index in [1.807, 2.05) is 170 Å². The van der Waals surface area contributed by atoms with Gasteiger partial charge in [-0.3, -0.25) is 44.5 Å². The third-order valence-corrected chi connectivity index (χ3v) is 23.5. The number of rotatable bonds is 36. The maximum Gasteiger partial charge on any atom is 0.411 e. The number of nitrogens with zero attached hydrogens (tertiary/aromatic N) is 8. The number of amides is 7. The zero-order valence-corrected chi connectivity index (χ0v) is 72.9. The molecule has 123 heavy (non-hydrogen) atoms. The molecule has 0 aliphatic carbocycles. The second kappa shape index (κ2) is 47.1. The molecule has 5 aliphatic heterocycles. The number of likely N-dealkylation sites (N-methyl/N-ethyl adjacent to an activating group) is 3. The molecule has 7 amide bonds. The van der Waals surface area contributed by atoms with Crippen LogP contribution in [0.2, 0.25) is 0 Å². The first-order valence-corrected chi connectivity index (χ1v) is 43.6. The van der Waals surface area contributed by atoms with Crippen molar-refractivity contribution in [2.24, 2.45) is 0 Å². The Labute approximate surface area is 727 Å². The number of benzene rings is 8. The van der Waals surface area contributed by atoms with Gasteiger partial charge in [0, 0.05) is 70.0 Å². The first kappa shape index (κ1) is 92.8. The topological polar surface area (TPSA) is 227 Å². The Morgan fingerprint density at radius 3 is 1.15 bits per heavy atom. The van der Waals surface area contributed by atoms with Gasteiger partial charge in [0.15, 0.2) is 0 Å². The molecule has 0 atom stereocenters. The van der Waals surface area contributed by atoms with Crippen molar-refractivity contribution in [2.45, 2.75) is 82.6 Å². The number of anilines is 2. The van der Waals surface area contributed by atoms with Crippen LogP contribution in [0, 0.1) is 11.8 Å². The van der Waals surface area contributed by atoms with E-state index in [2.05, 4.69) is 91.7 Å². The van der Waals surface area contributed by atoms with Crippen LogP contribution in [-0.4, -0.2) is 291 Å². The van der Waals surface area contributed by atoms with Gasteiger partial charge in [0.2, 0.25) is 0 Å². The number of likely N-dealkylation sites (tertiary alicyclic amines) is 3. The molecule has 24 heteroatoms. The summed E-state index contributed by atoms with van der Waals surface area (Å²) in [6.07, 6.45) is 5.02. The van der Waals surface area contributed by atoms with Gasteiger partial charge in [-0.1, -0.05) is 188 Å². The molecule has 3 saturated heterocycles. The minimum absolute atomic E-state index is 0.0600. The average molecular weight is 1680 g/mol. The second-order valence-electron chi connectivity index (χ2n) is 33.9. The van der Waals surface area contributed by atoms with Crippen LogP contribution in [0.25, 0.3) is 22.3 Å². The van der Waals surface area contributed by atoms with E-state index in [-0.39, 0.29) is 54.1 Å². The molecule has 0 radical (unpaired) electrons. The summed E-state index contributed by atoms with van der Waals surface area (Å²) < 4.78 is 37.1. The maximum absolute atomic E-state index is 12.9. The Hall–Kier alpha value is -11.0. The molecule has 5 heterocycles. The first-order chi connectivity index (χ1) is 59.6. The second-order valence-corrected chi connectivity index (χ2v) is 33.9. The molecule has 0 aromatic heterocycles. The lowest BCUT2D eigenvalue weighted by molar-refractivity contribution is -0.890. The molecule has 0 saturated carbocycles. The molecule has 0 bridgehead atoms. The van der Waals surface area contributed by atoms with Gasteiger partial charge in [-0.25, -0.2) is 14.4 Å². The molecule has 3 fully saturated rings. The van der Waals surface area contributed by atoms with E-state index in [0.717, 1.165) is 190 Å². The fourth-order valence-corrected chi connectivity index (χ4v) is 15.4. The van der Waals surface area contributed by atoms with Crippen molar-refractivity contribution in [3.8, 4) is 34.1 Å². The summed E-state index contributed by atoms with van der Waals surface area (Å²) >= 11 is 0. The van der Waals surface area contributed by atoms with Crippen LogP contribution in [-0.2, 0) is 28.4 Å². The van der Waals surface area contributed by atoms with Gasteiger partial charge < -0.3 is 57.0 Å². The quantitative estimate of drug-likeness (QED) is 0.0109. The Balaban J connectivity index is 0.000000182. The van der Waals surface area contributed by atoms with Crippen molar-refractivity contribution < 1.29 is 75.4 Å². The number of piperidine rings is 3. The summed E-state index contributed by atoms with van der Waals surface area (Å²) in [6.45, 7) is 19.9. The molecule has 13 rings (SSSR count). The lowest BCUT2D eigenvalue weighted by atomic mass is 9.99. The number of hydrogen-bond acceptors (Lipinski definition) is 16. The minimum atomic E-state index is -0.433. The number of fused-ring (bicyclic) bond motifs is 2. The van der Waals surface area contributed by atoms with Gasteiger partial charge in [-0.15, -0.1) is 0 Å². The number of imide groups is 2. The number of nitrogens with one attached hydrogen (secondary N) is 3. The molecular weight excluding hydrogens is 1550 g/mol. The number of quaternary nitrogens is 3. The Morgan fingerprint density at radius 2 is 0.724 bits per heavy atom. The van der Waals surface area contributed by atoms with Crippen molar-refractivity contribution in [2.75, 3.05) is 204 Å². The Morgan fingerprint density at radius 1 is 0.366 bits per heavy atom. The van der Waals surface area contributed by atoms with Crippen LogP contribution in [0.15, 0.2) is 218 Å². The average Bonchev–Trinajstić information content (AvgIpc) is 1.64. The SMILES string of the molecule is CC[N+](C)(C)CCOCCOCCN1CCC(OC(=O)Nc2ccccc2-c2ccccc2)CC1.C[N+](C)(CC#CCN1CCC(OC(=O)Nc2ccccc2-c2ccccc2)CC1)CCN1C(=O)c2ccccc2C1=O.C[N+](C)(CCCCN1C(=O)c2ccccc2C1=O)CCOCCN1CCC(OC(=O)NC(c2ccccc2)c2ccccc2)CC1. The number of carbonyl (C=O) groups is 7. The van der Waals surface area contributed by atoms with E-state index in [4.69, 9.17) is 28.4 Å². The maximum atomic E-state index is 12.9. The van der Waals surface area contributed by atoms with Gasteiger partial charge in [0.05, 0.1) is 154 Å². The monoisotopic (exact) mass is 1680 g/mol. The number of alkyl carbamates (subject to hydrolysis) is 1. The van der Waals surface area contributed by atoms with Gasteiger partial charge in [-0.05, 0) is 123 Å². The molecule has 0 unspecified atom stereocenters. The number of unbranched alkanes of at least 4 members (excludes halogenated alkanes) is 1. The number of ether oxygens (including phenoxy) is 6. The Kier molecular flexibility index (Phi) is 35.5. The van der Waals surface area contributed by atoms with E-state index >= 15 is 0 Å². The fraction of sp³-hybridized carbons (Fsp3) is 0.424. The highest BCUT2D eigenvalue weighted by Gasteiger charge is 2.38. The van der Waals surface area contributed by atoms with Crippen molar-refractivity contribution in [3.05, 3.63) is 252 Å². The van der Waals surface area contributed by atoms with Crippen LogP contribution < -0.4 is 16.0 Å². The summed E-state index contributed by atoms with van der Waals surface area (Å²) in [4.78, 5) is 98.2. The summed E-state index contributed by atoms with van der Waals surface area (Å²) in [5, 5.41) is 8.93. The van der Waals surface area contributed by atoms with Crippen molar-refractivity contribution in [3.63, 3.8) is 0 Å². The predicted molar refractivity (Wildman–Crippen MR) is 481 cm³/mol. The smallest absolute Gasteiger partial charge is 0.411 e. The zero-order valence-electron chi connectivity index (χ0n) is 72.9. The van der Waals surface area contributed by atoms with E-state index in [0.29, 0.717) is 92.5 Å². The van der Waals surface area contributed by atoms with Crippen LogP contribution in [0.4, 0.5) is 25.8 Å². The minimum Gasteiger partial charge on any atom is -0.446 e. The highest BCUT2D eigenvalue weighted by Crippen LogP contribution is 2.32. The number of carbonyl (C=O) groups excluding carboxylic acids is 7. The lowest BCUT2D eigenvalue weighted by Gasteiger charge is -2.32. The van der Waals surface area contributed by atoms with Crippen molar-refractivity contribution >= 4 is 53.3 Å². The van der Waals surface area contributed by atoms with Gasteiger partial charge in [-0.2, -0.15) is 0 Å². The van der Waals surface area contributed by atoms with E-state index in [1.54, 1.807) is 48.5 Å². The van der Waals surface area contributed by atoms with Crippen LogP contribution in [0.5, 0.6) is 0 Å². The lowest BCUT2D eigenvalue weighted by Crippen LogP contribution is -2.47. The molecule has 24 nitrogen and oxygen atoms in total. The van der Waals surface area contributed by atoms with Gasteiger partial charge >= 0.3 is 18.3 Å². The largest absolute Gasteiger partial charge is 0.446 e. The van der Waals surface area contributed by atoms with Crippen molar-refractivity contribution in [1.29, 1.82) is 0 Å². The zero-order chi connectivity index (χ0) is 86.8.